The van der Waals surface area contributed by atoms with Gasteiger partial charge in [-0.2, -0.15) is 5.10 Å². The summed E-state index contributed by atoms with van der Waals surface area (Å²) in [6, 6.07) is 2.02. The summed E-state index contributed by atoms with van der Waals surface area (Å²) in [5.74, 6) is 0.0858. The van der Waals surface area contributed by atoms with Gasteiger partial charge in [-0.25, -0.2) is 0 Å². The summed E-state index contributed by atoms with van der Waals surface area (Å²) in [5.41, 5.74) is 9.31. The van der Waals surface area contributed by atoms with Gasteiger partial charge in [0.1, 0.15) is 0 Å². The van der Waals surface area contributed by atoms with Crippen LogP contribution in [0.3, 0.4) is 0 Å². The second kappa shape index (κ2) is 7.00. The smallest absolute Gasteiger partial charge is 0.252 e. The van der Waals surface area contributed by atoms with Crippen molar-refractivity contribution in [2.45, 2.75) is 25.9 Å². The molecular formula is C17H24N6O. The van der Waals surface area contributed by atoms with Crippen molar-refractivity contribution in [1.29, 1.82) is 0 Å². The number of nitrogens with zero attached hydrogens (tertiary/aromatic N) is 4. The van der Waals surface area contributed by atoms with Gasteiger partial charge >= 0.3 is 0 Å². The van der Waals surface area contributed by atoms with Crippen molar-refractivity contribution in [3.63, 3.8) is 0 Å². The molecule has 0 aromatic carbocycles. The minimum Gasteiger partial charge on any atom is -0.377 e. The fraction of sp³-hybridized carbons (Fsp3) is 0.471. The van der Waals surface area contributed by atoms with Gasteiger partial charge in [-0.05, 0) is 31.4 Å². The Morgan fingerprint density at radius 1 is 1.46 bits per heavy atom. The number of carbonyl (C=O) groups excluding carboxylic acids is 1. The number of anilines is 1. The van der Waals surface area contributed by atoms with E-state index in [2.05, 4.69) is 20.3 Å². The van der Waals surface area contributed by atoms with E-state index in [1.807, 2.05) is 37.2 Å². The fourth-order valence-electron chi connectivity index (χ4n) is 3.28. The zero-order chi connectivity index (χ0) is 17.1. The molecule has 0 bridgehead atoms. The predicted molar refractivity (Wildman–Crippen MR) is 92.8 cm³/mol. The molecule has 7 nitrogen and oxygen atoms in total. The highest BCUT2D eigenvalue weighted by atomic mass is 16.1. The molecule has 24 heavy (non-hydrogen) atoms. The first-order chi connectivity index (χ1) is 11.6. The van der Waals surface area contributed by atoms with E-state index in [1.165, 1.54) is 11.3 Å². The first-order valence-corrected chi connectivity index (χ1v) is 8.21. The van der Waals surface area contributed by atoms with Gasteiger partial charge in [-0.15, -0.1) is 0 Å². The van der Waals surface area contributed by atoms with Crippen LogP contribution in [0.5, 0.6) is 0 Å². The lowest BCUT2D eigenvalue weighted by Crippen LogP contribution is -2.30. The Balaban J connectivity index is 1.59. The van der Waals surface area contributed by atoms with Crippen LogP contribution in [0.1, 0.15) is 28.0 Å². The first-order valence-electron chi connectivity index (χ1n) is 8.21. The number of nitrogens with two attached hydrogens (primary N) is 1. The number of hydrogen-bond acceptors (Lipinski definition) is 5. The van der Waals surface area contributed by atoms with Crippen LogP contribution in [0, 0.1) is 5.92 Å². The largest absolute Gasteiger partial charge is 0.377 e. The minimum absolute atomic E-state index is 0.393. The number of primary amides is 1. The quantitative estimate of drug-likeness (QED) is 0.818. The lowest BCUT2D eigenvalue weighted by Gasteiger charge is -2.24. The van der Waals surface area contributed by atoms with Crippen LogP contribution >= 0.6 is 0 Å². The lowest BCUT2D eigenvalue weighted by atomic mass is 9.94. The summed E-state index contributed by atoms with van der Waals surface area (Å²) in [4.78, 5) is 17.8. The highest BCUT2D eigenvalue weighted by Crippen LogP contribution is 2.23. The zero-order valence-corrected chi connectivity index (χ0v) is 14.2. The molecule has 3 heterocycles. The summed E-state index contributed by atoms with van der Waals surface area (Å²) in [6.45, 7) is 2.51. The zero-order valence-electron chi connectivity index (χ0n) is 14.2. The molecule has 0 fully saturated rings. The molecule has 3 rings (SSSR count). The van der Waals surface area contributed by atoms with E-state index in [-0.39, 0.29) is 0 Å². The third-order valence-corrected chi connectivity index (χ3v) is 4.55. The second-order valence-electron chi connectivity index (χ2n) is 6.48. The Kier molecular flexibility index (Phi) is 4.80. The molecule has 0 radical (unpaired) electrons. The van der Waals surface area contributed by atoms with Crippen LogP contribution < -0.4 is 16.0 Å². The standard InChI is InChI=1S/C17H24N6O/c1-22(2)15-3-5-19-9-13(15)10-20-8-12-4-6-23-16(7-12)14(11-21-23)17(18)24/h3,5,9,11-12,20H,4,6-8,10H2,1-2H3,(H2,18,24)/t12-/m0/s1. The fourth-order valence-corrected chi connectivity index (χ4v) is 3.28. The summed E-state index contributed by atoms with van der Waals surface area (Å²) in [6.07, 6.45) is 7.19. The average Bonchev–Trinajstić information content (AvgIpc) is 2.98. The number of aryl methyl sites for hydroxylation is 1. The summed E-state index contributed by atoms with van der Waals surface area (Å²) >= 11 is 0. The third-order valence-electron chi connectivity index (χ3n) is 4.55. The maximum absolute atomic E-state index is 11.5. The van der Waals surface area contributed by atoms with Crippen molar-refractivity contribution in [3.8, 4) is 0 Å². The molecule has 0 unspecified atom stereocenters. The van der Waals surface area contributed by atoms with Crippen LogP contribution in [-0.2, 0) is 19.5 Å². The van der Waals surface area contributed by atoms with Crippen LogP contribution in [-0.4, -0.2) is 41.3 Å². The second-order valence-corrected chi connectivity index (χ2v) is 6.48. The number of pyridine rings is 1. The summed E-state index contributed by atoms with van der Waals surface area (Å²) in [5, 5.41) is 7.78. The molecule has 0 spiro atoms. The Morgan fingerprint density at radius 2 is 2.29 bits per heavy atom. The van der Waals surface area contributed by atoms with Gasteiger partial charge in [0.15, 0.2) is 0 Å². The normalized spacial score (nSPS) is 16.7. The monoisotopic (exact) mass is 328 g/mol. The number of rotatable bonds is 6. The molecule has 2 aromatic heterocycles. The SMILES string of the molecule is CN(C)c1ccncc1CNC[C@H]1CCn2ncc(C(N)=O)c2C1. The highest BCUT2D eigenvalue weighted by molar-refractivity contribution is 5.93. The molecule has 1 atom stereocenters. The Hall–Kier alpha value is -2.41. The Bertz CT molecular complexity index is 724. The van der Waals surface area contributed by atoms with Gasteiger partial charge in [0.2, 0.25) is 0 Å². The molecule has 7 heteroatoms. The summed E-state index contributed by atoms with van der Waals surface area (Å²) in [7, 11) is 4.07. The first kappa shape index (κ1) is 16.4. The van der Waals surface area contributed by atoms with E-state index >= 15 is 0 Å². The maximum Gasteiger partial charge on any atom is 0.252 e. The molecule has 0 saturated heterocycles. The van der Waals surface area contributed by atoms with Crippen molar-refractivity contribution in [1.82, 2.24) is 20.1 Å². The average molecular weight is 328 g/mol. The Labute approximate surface area is 141 Å². The molecule has 128 valence electrons. The number of hydrogen-bond donors (Lipinski definition) is 2. The van der Waals surface area contributed by atoms with Gasteiger partial charge < -0.3 is 16.0 Å². The molecule has 0 saturated carbocycles. The van der Waals surface area contributed by atoms with Crippen molar-refractivity contribution in [2.24, 2.45) is 11.7 Å². The number of carbonyl (C=O) groups is 1. The molecule has 3 N–H and O–H groups in total. The van der Waals surface area contributed by atoms with E-state index < -0.39 is 5.91 Å². The van der Waals surface area contributed by atoms with Crippen LogP contribution in [0.15, 0.2) is 24.7 Å². The molecule has 1 amide bonds. The number of nitrogens with one attached hydrogen (secondary N) is 1. The van der Waals surface area contributed by atoms with Crippen molar-refractivity contribution in [3.05, 3.63) is 41.5 Å². The molecule has 1 aliphatic rings. The van der Waals surface area contributed by atoms with E-state index in [4.69, 9.17) is 5.73 Å². The lowest BCUT2D eigenvalue weighted by molar-refractivity contribution is 0.0998. The topological polar surface area (TPSA) is 89.1 Å². The van der Waals surface area contributed by atoms with Crippen molar-refractivity contribution in [2.75, 3.05) is 25.5 Å². The molecule has 1 aliphatic heterocycles. The Morgan fingerprint density at radius 3 is 3.04 bits per heavy atom. The third kappa shape index (κ3) is 3.41. The van der Waals surface area contributed by atoms with Crippen molar-refractivity contribution >= 4 is 11.6 Å². The van der Waals surface area contributed by atoms with E-state index in [9.17, 15) is 4.79 Å². The van der Waals surface area contributed by atoms with Gasteiger partial charge in [-0.3, -0.25) is 14.5 Å². The minimum atomic E-state index is -0.393. The van der Waals surface area contributed by atoms with Crippen LogP contribution in [0.25, 0.3) is 0 Å². The van der Waals surface area contributed by atoms with Gasteiger partial charge in [0, 0.05) is 50.8 Å². The van der Waals surface area contributed by atoms with Gasteiger partial charge in [-0.1, -0.05) is 0 Å². The van der Waals surface area contributed by atoms with E-state index in [0.29, 0.717) is 11.5 Å². The van der Waals surface area contributed by atoms with Gasteiger partial charge in [0.05, 0.1) is 17.5 Å². The number of amides is 1. The van der Waals surface area contributed by atoms with E-state index in [0.717, 1.165) is 38.2 Å². The number of fused-ring (bicyclic) bond motifs is 1. The predicted octanol–water partition coefficient (Wildman–Crippen LogP) is 0.795. The summed E-state index contributed by atoms with van der Waals surface area (Å²) < 4.78 is 1.90. The maximum atomic E-state index is 11.5. The molecule has 0 aliphatic carbocycles. The number of aromatic nitrogens is 3. The van der Waals surface area contributed by atoms with Crippen LogP contribution in [0.4, 0.5) is 5.69 Å². The van der Waals surface area contributed by atoms with Crippen molar-refractivity contribution < 1.29 is 4.79 Å². The van der Waals surface area contributed by atoms with Crippen LogP contribution in [0.2, 0.25) is 0 Å². The van der Waals surface area contributed by atoms with Gasteiger partial charge in [0.25, 0.3) is 5.91 Å². The highest BCUT2D eigenvalue weighted by Gasteiger charge is 2.24. The molecule has 2 aromatic rings. The van der Waals surface area contributed by atoms with E-state index in [1.54, 1.807) is 6.20 Å². The molecular weight excluding hydrogens is 304 g/mol.